The van der Waals surface area contributed by atoms with Crippen LogP contribution in [-0.4, -0.2) is 62.6 Å². The Morgan fingerprint density at radius 2 is 2.04 bits per heavy atom. The molecule has 4 rings (SSSR count). The molecule has 0 N–H and O–H groups in total. The molecule has 148 valence electrons. The number of hydrogen-bond donors (Lipinski definition) is 0. The second kappa shape index (κ2) is 8.12. The Bertz CT molecular complexity index is 834. The normalized spacial score (nSPS) is 22.7. The molecule has 0 unspecified atom stereocenters. The molecule has 3 heterocycles. The highest BCUT2D eigenvalue weighted by Crippen LogP contribution is 2.28. The van der Waals surface area contributed by atoms with Crippen molar-refractivity contribution in [1.29, 1.82) is 0 Å². The van der Waals surface area contributed by atoms with Crippen molar-refractivity contribution < 1.29 is 9.59 Å². The maximum atomic E-state index is 13.1. The summed E-state index contributed by atoms with van der Waals surface area (Å²) in [5.41, 5.74) is 1.22. The van der Waals surface area contributed by atoms with Gasteiger partial charge in [0.2, 0.25) is 11.8 Å². The van der Waals surface area contributed by atoms with Crippen molar-refractivity contribution in [3.05, 3.63) is 48.0 Å². The summed E-state index contributed by atoms with van der Waals surface area (Å²) >= 11 is 0. The lowest BCUT2D eigenvalue weighted by Crippen LogP contribution is -2.43. The third-order valence-corrected chi connectivity index (χ3v) is 5.92. The van der Waals surface area contributed by atoms with Gasteiger partial charge in [-0.05, 0) is 24.8 Å². The number of hydrogen-bond acceptors (Lipinski definition) is 4. The molecule has 0 aliphatic carbocycles. The average Bonchev–Trinajstić information content (AvgIpc) is 3.32. The first-order valence-corrected chi connectivity index (χ1v) is 10.1. The Hall–Kier alpha value is -2.70. The van der Waals surface area contributed by atoms with E-state index in [1.807, 2.05) is 39.6 Å². The fraction of sp³-hybridized carbons (Fsp3) is 0.524. The van der Waals surface area contributed by atoms with Gasteiger partial charge < -0.3 is 14.4 Å². The summed E-state index contributed by atoms with van der Waals surface area (Å²) in [6.07, 6.45) is 4.84. The van der Waals surface area contributed by atoms with Gasteiger partial charge in [-0.15, -0.1) is 10.2 Å². The van der Waals surface area contributed by atoms with Crippen LogP contribution in [-0.2, 0) is 23.1 Å². The highest BCUT2D eigenvalue weighted by Gasteiger charge is 2.38. The number of nitrogens with zero attached hydrogens (tertiary/aromatic N) is 5. The van der Waals surface area contributed by atoms with Gasteiger partial charge in [-0.25, -0.2) is 0 Å². The van der Waals surface area contributed by atoms with E-state index in [-0.39, 0.29) is 23.7 Å². The van der Waals surface area contributed by atoms with E-state index in [1.165, 1.54) is 5.56 Å². The van der Waals surface area contributed by atoms with E-state index in [4.69, 9.17) is 0 Å². The number of amides is 2. The molecule has 2 amide bonds. The van der Waals surface area contributed by atoms with Crippen molar-refractivity contribution in [1.82, 2.24) is 24.6 Å². The van der Waals surface area contributed by atoms with Crippen molar-refractivity contribution in [2.75, 3.05) is 26.2 Å². The maximum Gasteiger partial charge on any atom is 0.228 e. The number of benzene rings is 1. The minimum absolute atomic E-state index is 0.0936. The molecule has 2 atom stereocenters. The molecule has 2 aromatic rings. The van der Waals surface area contributed by atoms with Gasteiger partial charge in [-0.1, -0.05) is 30.3 Å². The molecule has 0 bridgehead atoms. The Balaban J connectivity index is 1.34. The van der Waals surface area contributed by atoms with Crippen LogP contribution < -0.4 is 0 Å². The first kappa shape index (κ1) is 18.7. The van der Waals surface area contributed by atoms with Crippen molar-refractivity contribution in [2.45, 2.75) is 31.6 Å². The molecular weight excluding hydrogens is 354 g/mol. The molecular formula is C21H27N5O2. The predicted molar refractivity (Wildman–Crippen MR) is 104 cm³/mol. The molecule has 7 nitrogen and oxygen atoms in total. The van der Waals surface area contributed by atoms with Crippen LogP contribution in [0.2, 0.25) is 0 Å². The average molecular weight is 381 g/mol. The Morgan fingerprint density at radius 3 is 2.79 bits per heavy atom. The standard InChI is InChI=1S/C21H27N5O2/c1-24-15-22-23-20(24)17-8-5-10-26(13-17)21(28)18-12-19(27)25(14-18)11-9-16-6-3-2-4-7-16/h2-4,6-7,15,17-18H,5,8-14H2,1H3/t17-,18-/m0/s1. The summed E-state index contributed by atoms with van der Waals surface area (Å²) in [6.45, 7) is 2.64. The van der Waals surface area contributed by atoms with Gasteiger partial charge in [0, 0.05) is 45.6 Å². The monoisotopic (exact) mass is 381 g/mol. The van der Waals surface area contributed by atoms with E-state index in [1.54, 1.807) is 6.33 Å². The van der Waals surface area contributed by atoms with Crippen LogP contribution in [0.25, 0.3) is 0 Å². The Labute approximate surface area is 165 Å². The third kappa shape index (κ3) is 3.93. The third-order valence-electron chi connectivity index (χ3n) is 5.92. The second-order valence-corrected chi connectivity index (χ2v) is 7.90. The van der Waals surface area contributed by atoms with Gasteiger partial charge in [-0.3, -0.25) is 9.59 Å². The summed E-state index contributed by atoms with van der Waals surface area (Å²) in [7, 11) is 1.94. The minimum atomic E-state index is -0.221. The van der Waals surface area contributed by atoms with Gasteiger partial charge in [0.15, 0.2) is 0 Å². The largest absolute Gasteiger partial charge is 0.342 e. The van der Waals surface area contributed by atoms with Crippen LogP contribution in [0.5, 0.6) is 0 Å². The first-order valence-electron chi connectivity index (χ1n) is 10.1. The number of aryl methyl sites for hydroxylation is 1. The molecule has 2 aliphatic heterocycles. The number of carbonyl (C=O) groups is 2. The Morgan fingerprint density at radius 1 is 1.21 bits per heavy atom. The first-order chi connectivity index (χ1) is 13.6. The zero-order valence-electron chi connectivity index (χ0n) is 16.3. The van der Waals surface area contributed by atoms with Gasteiger partial charge in [-0.2, -0.15) is 0 Å². The van der Waals surface area contributed by atoms with Gasteiger partial charge in [0.1, 0.15) is 12.2 Å². The van der Waals surface area contributed by atoms with Gasteiger partial charge in [0.05, 0.1) is 5.92 Å². The predicted octanol–water partition coefficient (Wildman–Crippen LogP) is 1.61. The number of likely N-dealkylation sites (tertiary alicyclic amines) is 2. The molecule has 2 fully saturated rings. The van der Waals surface area contributed by atoms with Crippen molar-refractivity contribution in [3.8, 4) is 0 Å². The lowest BCUT2D eigenvalue weighted by atomic mass is 9.95. The molecule has 2 aliphatic rings. The number of piperidine rings is 1. The van der Waals surface area contributed by atoms with Crippen molar-refractivity contribution in [2.24, 2.45) is 13.0 Å². The van der Waals surface area contributed by atoms with E-state index in [0.29, 0.717) is 26.1 Å². The van der Waals surface area contributed by atoms with Gasteiger partial charge >= 0.3 is 0 Å². The Kier molecular flexibility index (Phi) is 5.41. The zero-order valence-corrected chi connectivity index (χ0v) is 16.3. The molecule has 0 radical (unpaired) electrons. The van der Waals surface area contributed by atoms with Crippen LogP contribution in [0.15, 0.2) is 36.7 Å². The van der Waals surface area contributed by atoms with E-state index in [0.717, 1.165) is 31.6 Å². The zero-order chi connectivity index (χ0) is 19.5. The molecule has 28 heavy (non-hydrogen) atoms. The smallest absolute Gasteiger partial charge is 0.228 e. The molecule has 1 aromatic carbocycles. The summed E-state index contributed by atoms with van der Waals surface area (Å²) in [4.78, 5) is 29.3. The topological polar surface area (TPSA) is 71.3 Å². The van der Waals surface area contributed by atoms with E-state index >= 15 is 0 Å². The van der Waals surface area contributed by atoms with E-state index in [2.05, 4.69) is 22.3 Å². The van der Waals surface area contributed by atoms with Crippen LogP contribution in [0.1, 0.15) is 36.6 Å². The SMILES string of the molecule is Cn1cnnc1[C@H]1CCCN(C(=O)[C@H]2CC(=O)N(CCc3ccccc3)C2)C1. The lowest BCUT2D eigenvalue weighted by Gasteiger charge is -2.33. The summed E-state index contributed by atoms with van der Waals surface area (Å²) in [5, 5.41) is 8.19. The fourth-order valence-corrected chi connectivity index (χ4v) is 4.37. The molecule has 7 heteroatoms. The number of aromatic nitrogens is 3. The molecule has 1 aromatic heterocycles. The van der Waals surface area contributed by atoms with Crippen molar-refractivity contribution >= 4 is 11.8 Å². The van der Waals surface area contributed by atoms with Crippen LogP contribution in [0.3, 0.4) is 0 Å². The summed E-state index contributed by atoms with van der Waals surface area (Å²) in [5.74, 6) is 1.14. The van der Waals surface area contributed by atoms with Crippen LogP contribution in [0.4, 0.5) is 0 Å². The minimum Gasteiger partial charge on any atom is -0.342 e. The number of rotatable bonds is 5. The second-order valence-electron chi connectivity index (χ2n) is 7.90. The molecule has 2 saturated heterocycles. The van der Waals surface area contributed by atoms with E-state index in [9.17, 15) is 9.59 Å². The van der Waals surface area contributed by atoms with Crippen molar-refractivity contribution in [3.63, 3.8) is 0 Å². The maximum absolute atomic E-state index is 13.1. The van der Waals surface area contributed by atoms with E-state index < -0.39 is 0 Å². The fourth-order valence-electron chi connectivity index (χ4n) is 4.37. The van der Waals surface area contributed by atoms with Crippen LogP contribution >= 0.6 is 0 Å². The summed E-state index contributed by atoms with van der Waals surface area (Å²) in [6, 6.07) is 10.2. The molecule has 0 spiro atoms. The lowest BCUT2D eigenvalue weighted by molar-refractivity contribution is -0.137. The highest BCUT2D eigenvalue weighted by atomic mass is 16.2. The quantitative estimate of drug-likeness (QED) is 0.789. The summed E-state index contributed by atoms with van der Waals surface area (Å²) < 4.78 is 1.93. The molecule has 0 saturated carbocycles. The van der Waals surface area contributed by atoms with Gasteiger partial charge in [0.25, 0.3) is 0 Å². The van der Waals surface area contributed by atoms with Crippen LogP contribution in [0, 0.1) is 5.92 Å². The number of carbonyl (C=O) groups excluding carboxylic acids is 2. The highest BCUT2D eigenvalue weighted by molar-refractivity contribution is 5.89.